The lowest BCUT2D eigenvalue weighted by Crippen LogP contribution is -2.50. The summed E-state index contributed by atoms with van der Waals surface area (Å²) in [6.45, 7) is 6.72. The minimum atomic E-state index is -0.500. The maximum absolute atomic E-state index is 12.9. The van der Waals surface area contributed by atoms with Gasteiger partial charge < -0.3 is 4.90 Å². The van der Waals surface area contributed by atoms with Crippen LogP contribution in [0.25, 0.3) is 10.9 Å². The predicted octanol–water partition coefficient (Wildman–Crippen LogP) is 2.84. The third-order valence-corrected chi connectivity index (χ3v) is 6.03. The van der Waals surface area contributed by atoms with E-state index in [-0.39, 0.29) is 23.2 Å². The molecule has 9 heteroatoms. The number of piperazine rings is 1. The molecule has 2 heterocycles. The number of nitrogens with zero attached hydrogens (tertiary/aromatic N) is 5. The van der Waals surface area contributed by atoms with Crippen LogP contribution in [-0.2, 0) is 6.54 Å². The zero-order chi connectivity index (χ0) is 22.8. The van der Waals surface area contributed by atoms with Crippen LogP contribution in [0.1, 0.15) is 36.1 Å². The highest BCUT2D eigenvalue weighted by Gasteiger charge is 2.28. The maximum Gasteiger partial charge on any atom is 0.270 e. The van der Waals surface area contributed by atoms with E-state index in [2.05, 4.69) is 4.90 Å². The van der Waals surface area contributed by atoms with Crippen molar-refractivity contribution >= 4 is 22.5 Å². The number of carbonyl (C=O) groups is 1. The highest BCUT2D eigenvalue weighted by molar-refractivity contribution is 5.94. The first-order chi connectivity index (χ1) is 15.4. The van der Waals surface area contributed by atoms with Gasteiger partial charge >= 0.3 is 0 Å². The molecule has 1 fully saturated rings. The Balaban J connectivity index is 1.51. The number of hydrogen-bond donors (Lipinski definition) is 0. The zero-order valence-electron chi connectivity index (χ0n) is 18.1. The fourth-order valence-electron chi connectivity index (χ4n) is 4.22. The molecular formula is C23H25N5O4. The van der Waals surface area contributed by atoms with Gasteiger partial charge in [-0.3, -0.25) is 29.2 Å². The Hall–Kier alpha value is -3.59. The summed E-state index contributed by atoms with van der Waals surface area (Å²) in [5.74, 6) is 0.505. The number of rotatable bonds is 5. The number of hydrogen-bond acceptors (Lipinski definition) is 6. The van der Waals surface area contributed by atoms with Crippen molar-refractivity contribution < 1.29 is 9.72 Å². The minimum Gasteiger partial charge on any atom is -0.336 e. The fourth-order valence-corrected chi connectivity index (χ4v) is 4.22. The summed E-state index contributed by atoms with van der Waals surface area (Å²) in [7, 11) is 0. The summed E-state index contributed by atoms with van der Waals surface area (Å²) in [4.78, 5) is 45.0. The van der Waals surface area contributed by atoms with Crippen LogP contribution in [0.15, 0.2) is 53.3 Å². The summed E-state index contributed by atoms with van der Waals surface area (Å²) in [5.41, 5.74) is 0.864. The molecule has 1 saturated heterocycles. The van der Waals surface area contributed by atoms with Crippen LogP contribution in [0.3, 0.4) is 0 Å². The lowest BCUT2D eigenvalue weighted by atomic mass is 10.1. The number of benzene rings is 2. The van der Waals surface area contributed by atoms with Crippen molar-refractivity contribution in [3.8, 4) is 0 Å². The lowest BCUT2D eigenvalue weighted by molar-refractivity contribution is -0.384. The molecule has 0 saturated carbocycles. The Morgan fingerprint density at radius 2 is 1.84 bits per heavy atom. The van der Waals surface area contributed by atoms with E-state index < -0.39 is 4.92 Å². The molecule has 1 atom stereocenters. The molecule has 2 aromatic carbocycles. The number of para-hydroxylation sites is 1. The van der Waals surface area contributed by atoms with Gasteiger partial charge in [0.1, 0.15) is 5.82 Å². The topological polar surface area (TPSA) is 102 Å². The maximum atomic E-state index is 12.9. The van der Waals surface area contributed by atoms with E-state index in [4.69, 9.17) is 4.98 Å². The van der Waals surface area contributed by atoms with E-state index in [1.165, 1.54) is 18.2 Å². The second kappa shape index (κ2) is 8.88. The summed E-state index contributed by atoms with van der Waals surface area (Å²) in [5, 5.41) is 11.6. The molecule has 1 aromatic heterocycles. The molecule has 1 unspecified atom stereocenters. The smallest absolute Gasteiger partial charge is 0.270 e. The van der Waals surface area contributed by atoms with Gasteiger partial charge in [-0.15, -0.1) is 0 Å². The third-order valence-electron chi connectivity index (χ3n) is 6.03. The van der Waals surface area contributed by atoms with E-state index in [0.29, 0.717) is 49.2 Å². The third kappa shape index (κ3) is 3.99. The Labute approximate surface area is 185 Å². The Morgan fingerprint density at radius 3 is 2.53 bits per heavy atom. The highest BCUT2D eigenvalue weighted by Crippen LogP contribution is 2.22. The summed E-state index contributed by atoms with van der Waals surface area (Å²) in [6, 6.07) is 13.1. The number of carbonyl (C=O) groups excluding carboxylic acids is 1. The van der Waals surface area contributed by atoms with Crippen molar-refractivity contribution in [1.82, 2.24) is 19.4 Å². The van der Waals surface area contributed by atoms with Gasteiger partial charge in [0.25, 0.3) is 17.2 Å². The molecule has 4 rings (SSSR count). The average molecular weight is 435 g/mol. The van der Waals surface area contributed by atoms with E-state index in [0.717, 1.165) is 5.82 Å². The second-order valence-corrected chi connectivity index (χ2v) is 7.85. The van der Waals surface area contributed by atoms with Gasteiger partial charge in [0.2, 0.25) is 0 Å². The summed E-state index contributed by atoms with van der Waals surface area (Å²) >= 11 is 0. The lowest BCUT2D eigenvalue weighted by Gasteiger charge is -2.38. The SMILES string of the molecule is CCn1c(C(C)N2CCN(C(=O)c3cccc([N+](=O)[O-])c3)CC2)nc2ccccc2c1=O. The highest BCUT2D eigenvalue weighted by atomic mass is 16.6. The molecule has 0 bridgehead atoms. The van der Waals surface area contributed by atoms with Crippen LogP contribution in [0, 0.1) is 10.1 Å². The first-order valence-electron chi connectivity index (χ1n) is 10.7. The van der Waals surface area contributed by atoms with Crippen molar-refractivity contribution in [3.63, 3.8) is 0 Å². The van der Waals surface area contributed by atoms with Gasteiger partial charge in [-0.05, 0) is 32.0 Å². The normalized spacial score (nSPS) is 15.6. The van der Waals surface area contributed by atoms with Crippen molar-refractivity contribution in [2.24, 2.45) is 0 Å². The van der Waals surface area contributed by atoms with Crippen LogP contribution in [0.2, 0.25) is 0 Å². The van der Waals surface area contributed by atoms with Crippen LogP contribution >= 0.6 is 0 Å². The number of fused-ring (bicyclic) bond motifs is 1. The van der Waals surface area contributed by atoms with Gasteiger partial charge in [-0.25, -0.2) is 4.98 Å². The number of aromatic nitrogens is 2. The van der Waals surface area contributed by atoms with E-state index in [1.54, 1.807) is 21.6 Å². The standard InChI is InChI=1S/C23H25N5O4/c1-3-27-21(24-20-10-5-4-9-19(20)23(27)30)16(2)25-11-13-26(14-12-25)22(29)17-7-6-8-18(15-17)28(31)32/h4-10,15-16H,3,11-14H2,1-2H3. The number of amides is 1. The van der Waals surface area contributed by atoms with Crippen molar-refractivity contribution in [2.45, 2.75) is 26.4 Å². The average Bonchev–Trinajstić information content (AvgIpc) is 2.83. The molecule has 1 aliphatic rings. The van der Waals surface area contributed by atoms with Crippen molar-refractivity contribution in [2.75, 3.05) is 26.2 Å². The van der Waals surface area contributed by atoms with Crippen molar-refractivity contribution in [3.05, 3.63) is 80.4 Å². The first kappa shape index (κ1) is 21.6. The van der Waals surface area contributed by atoms with Gasteiger partial charge in [0.15, 0.2) is 0 Å². The van der Waals surface area contributed by atoms with Crippen LogP contribution < -0.4 is 5.56 Å². The van der Waals surface area contributed by atoms with Crippen molar-refractivity contribution in [1.29, 1.82) is 0 Å². The molecule has 1 amide bonds. The second-order valence-electron chi connectivity index (χ2n) is 7.85. The monoisotopic (exact) mass is 435 g/mol. The fraction of sp³-hybridized carbons (Fsp3) is 0.348. The molecule has 0 N–H and O–H groups in total. The number of nitro benzene ring substituents is 1. The summed E-state index contributed by atoms with van der Waals surface area (Å²) in [6.07, 6.45) is 0. The molecule has 0 radical (unpaired) electrons. The number of non-ortho nitro benzene ring substituents is 1. The molecule has 9 nitrogen and oxygen atoms in total. The Bertz CT molecular complexity index is 1230. The Morgan fingerprint density at radius 1 is 1.12 bits per heavy atom. The van der Waals surface area contributed by atoms with E-state index in [1.807, 2.05) is 32.0 Å². The number of nitro groups is 1. The molecular weight excluding hydrogens is 410 g/mol. The minimum absolute atomic E-state index is 0.0422. The van der Waals surface area contributed by atoms with Gasteiger partial charge in [-0.2, -0.15) is 0 Å². The largest absolute Gasteiger partial charge is 0.336 e. The first-order valence-corrected chi connectivity index (χ1v) is 10.7. The van der Waals surface area contributed by atoms with Crippen LogP contribution in [0.4, 0.5) is 5.69 Å². The molecule has 166 valence electrons. The molecule has 0 spiro atoms. The molecule has 32 heavy (non-hydrogen) atoms. The van der Waals surface area contributed by atoms with Crippen LogP contribution in [0.5, 0.6) is 0 Å². The van der Waals surface area contributed by atoms with Crippen LogP contribution in [-0.4, -0.2) is 56.4 Å². The van der Waals surface area contributed by atoms with E-state index >= 15 is 0 Å². The molecule has 0 aliphatic carbocycles. The molecule has 3 aromatic rings. The molecule has 1 aliphatic heterocycles. The predicted molar refractivity (Wildman–Crippen MR) is 121 cm³/mol. The quantitative estimate of drug-likeness (QED) is 0.451. The zero-order valence-corrected chi connectivity index (χ0v) is 18.1. The van der Waals surface area contributed by atoms with Gasteiger partial charge in [0.05, 0.1) is 21.9 Å². The van der Waals surface area contributed by atoms with Gasteiger partial charge in [-0.1, -0.05) is 18.2 Å². The van der Waals surface area contributed by atoms with E-state index in [9.17, 15) is 19.7 Å². The Kier molecular flexibility index (Phi) is 6.00. The van der Waals surface area contributed by atoms with Gasteiger partial charge in [0, 0.05) is 50.4 Å². The summed E-state index contributed by atoms with van der Waals surface area (Å²) < 4.78 is 1.72.